The van der Waals surface area contributed by atoms with Crippen LogP contribution in [0, 0.1) is 0 Å². The largest absolute Gasteiger partial charge is 0.356 e. The Bertz CT molecular complexity index is 899. The SMILES string of the molecule is NC1(Cc2cc(Cl)ccc2Cl)CCN(c2ncnc3[nH]ccc23)CC1. The van der Waals surface area contributed by atoms with Crippen molar-refractivity contribution in [3.63, 3.8) is 0 Å². The Balaban J connectivity index is 1.50. The Morgan fingerprint density at radius 3 is 2.76 bits per heavy atom. The molecule has 4 rings (SSSR count). The zero-order chi connectivity index (χ0) is 17.4. The molecule has 0 unspecified atom stereocenters. The molecule has 1 aromatic carbocycles. The Kier molecular flexibility index (Phi) is 4.31. The van der Waals surface area contributed by atoms with Gasteiger partial charge >= 0.3 is 0 Å². The molecule has 3 N–H and O–H groups in total. The molecule has 3 heterocycles. The van der Waals surface area contributed by atoms with E-state index in [4.69, 9.17) is 28.9 Å². The lowest BCUT2D eigenvalue weighted by Crippen LogP contribution is -2.52. The summed E-state index contributed by atoms with van der Waals surface area (Å²) >= 11 is 12.4. The Morgan fingerprint density at radius 2 is 1.96 bits per heavy atom. The summed E-state index contributed by atoms with van der Waals surface area (Å²) in [5.74, 6) is 0.967. The average Bonchev–Trinajstić information content (AvgIpc) is 3.07. The fourth-order valence-electron chi connectivity index (χ4n) is 3.51. The van der Waals surface area contributed by atoms with Gasteiger partial charge in [-0.1, -0.05) is 23.2 Å². The lowest BCUT2D eigenvalue weighted by molar-refractivity contribution is 0.330. The molecule has 7 heteroatoms. The molecule has 0 saturated carbocycles. The normalized spacial score (nSPS) is 17.2. The summed E-state index contributed by atoms with van der Waals surface area (Å²) < 4.78 is 0. The van der Waals surface area contributed by atoms with E-state index in [0.717, 1.165) is 59.8 Å². The number of anilines is 1. The summed E-state index contributed by atoms with van der Waals surface area (Å²) in [5.41, 5.74) is 8.27. The van der Waals surface area contributed by atoms with E-state index in [-0.39, 0.29) is 5.54 Å². The molecule has 130 valence electrons. The number of nitrogens with zero attached hydrogens (tertiary/aromatic N) is 3. The lowest BCUT2D eigenvalue weighted by atomic mass is 9.83. The van der Waals surface area contributed by atoms with Crippen molar-refractivity contribution >= 4 is 40.1 Å². The predicted octanol–water partition coefficient (Wildman–Crippen LogP) is 3.81. The molecule has 0 aliphatic carbocycles. The van der Waals surface area contributed by atoms with Crippen LogP contribution in [0.4, 0.5) is 5.82 Å². The molecule has 25 heavy (non-hydrogen) atoms. The maximum atomic E-state index is 6.68. The van der Waals surface area contributed by atoms with Gasteiger partial charge in [0.1, 0.15) is 17.8 Å². The third-order valence-electron chi connectivity index (χ3n) is 4.94. The number of fused-ring (bicyclic) bond motifs is 1. The first kappa shape index (κ1) is 16.6. The van der Waals surface area contributed by atoms with Crippen molar-refractivity contribution in [2.24, 2.45) is 5.73 Å². The van der Waals surface area contributed by atoms with E-state index in [1.165, 1.54) is 0 Å². The number of rotatable bonds is 3. The van der Waals surface area contributed by atoms with E-state index >= 15 is 0 Å². The van der Waals surface area contributed by atoms with Gasteiger partial charge in [-0.15, -0.1) is 0 Å². The van der Waals surface area contributed by atoms with Gasteiger partial charge in [-0.25, -0.2) is 9.97 Å². The van der Waals surface area contributed by atoms with E-state index in [1.54, 1.807) is 12.4 Å². The number of H-pyrrole nitrogens is 1. The summed E-state index contributed by atoms with van der Waals surface area (Å²) in [6, 6.07) is 7.57. The third-order valence-corrected chi connectivity index (χ3v) is 5.55. The highest BCUT2D eigenvalue weighted by atomic mass is 35.5. The van der Waals surface area contributed by atoms with Crippen molar-refractivity contribution in [2.45, 2.75) is 24.8 Å². The van der Waals surface area contributed by atoms with Gasteiger partial charge in [-0.05, 0) is 49.1 Å². The Morgan fingerprint density at radius 1 is 1.16 bits per heavy atom. The summed E-state index contributed by atoms with van der Waals surface area (Å²) in [5, 5.41) is 2.46. The second-order valence-corrected chi connectivity index (χ2v) is 7.54. The number of aromatic amines is 1. The van der Waals surface area contributed by atoms with Gasteiger partial charge in [-0.2, -0.15) is 0 Å². The highest BCUT2D eigenvalue weighted by Gasteiger charge is 2.32. The van der Waals surface area contributed by atoms with Gasteiger partial charge in [0.25, 0.3) is 0 Å². The molecule has 0 spiro atoms. The Labute approximate surface area is 156 Å². The molecule has 0 bridgehead atoms. The summed E-state index contributed by atoms with van der Waals surface area (Å²) in [7, 11) is 0. The Hall–Kier alpha value is -1.82. The standard InChI is InChI=1S/C18H19Cl2N5/c19-13-1-2-15(20)12(9-13)10-18(21)4-7-25(8-5-18)17-14-3-6-22-16(14)23-11-24-17/h1-3,6,9,11H,4-5,7-8,10,21H2,(H,22,23,24). The van der Waals surface area contributed by atoms with Crippen molar-refractivity contribution in [3.8, 4) is 0 Å². The minimum atomic E-state index is -0.283. The molecule has 2 aromatic heterocycles. The number of halogens is 2. The molecule has 1 aliphatic rings. The van der Waals surface area contributed by atoms with Gasteiger partial charge in [0.15, 0.2) is 0 Å². The fourth-order valence-corrected chi connectivity index (χ4v) is 3.89. The van der Waals surface area contributed by atoms with Gasteiger partial charge < -0.3 is 15.6 Å². The number of nitrogens with two attached hydrogens (primary N) is 1. The predicted molar refractivity (Wildman–Crippen MR) is 102 cm³/mol. The van der Waals surface area contributed by atoms with Crippen LogP contribution in [0.2, 0.25) is 10.0 Å². The topological polar surface area (TPSA) is 70.8 Å². The zero-order valence-electron chi connectivity index (χ0n) is 13.7. The van der Waals surface area contributed by atoms with Crippen molar-refractivity contribution in [1.82, 2.24) is 15.0 Å². The molecular weight excluding hydrogens is 357 g/mol. The molecule has 0 radical (unpaired) electrons. The summed E-state index contributed by atoms with van der Waals surface area (Å²) in [4.78, 5) is 14.1. The maximum Gasteiger partial charge on any atom is 0.142 e. The molecule has 5 nitrogen and oxygen atoms in total. The minimum Gasteiger partial charge on any atom is -0.356 e. The lowest BCUT2D eigenvalue weighted by Gasteiger charge is -2.40. The van der Waals surface area contributed by atoms with Crippen LogP contribution in [0.5, 0.6) is 0 Å². The number of piperidine rings is 1. The van der Waals surface area contributed by atoms with Crippen molar-refractivity contribution < 1.29 is 0 Å². The number of hydrogen-bond acceptors (Lipinski definition) is 4. The van der Waals surface area contributed by atoms with Crippen LogP contribution in [0.15, 0.2) is 36.8 Å². The van der Waals surface area contributed by atoms with Crippen LogP contribution in [0.25, 0.3) is 11.0 Å². The first-order valence-electron chi connectivity index (χ1n) is 8.30. The van der Waals surface area contributed by atoms with E-state index < -0.39 is 0 Å². The maximum absolute atomic E-state index is 6.68. The second kappa shape index (κ2) is 6.48. The first-order chi connectivity index (χ1) is 12.0. The van der Waals surface area contributed by atoms with Gasteiger partial charge in [-0.3, -0.25) is 0 Å². The zero-order valence-corrected chi connectivity index (χ0v) is 15.2. The van der Waals surface area contributed by atoms with Crippen LogP contribution in [-0.4, -0.2) is 33.6 Å². The van der Waals surface area contributed by atoms with Crippen LogP contribution in [0.3, 0.4) is 0 Å². The van der Waals surface area contributed by atoms with Crippen LogP contribution < -0.4 is 10.6 Å². The van der Waals surface area contributed by atoms with Crippen molar-refractivity contribution in [2.75, 3.05) is 18.0 Å². The second-order valence-electron chi connectivity index (χ2n) is 6.70. The van der Waals surface area contributed by atoms with Crippen LogP contribution in [0.1, 0.15) is 18.4 Å². The summed E-state index contributed by atoms with van der Waals surface area (Å²) in [6.45, 7) is 1.71. The molecule has 1 saturated heterocycles. The molecule has 1 fully saturated rings. The van der Waals surface area contributed by atoms with Gasteiger partial charge in [0.2, 0.25) is 0 Å². The number of nitrogens with one attached hydrogen (secondary N) is 1. The van der Waals surface area contributed by atoms with Crippen molar-refractivity contribution in [1.29, 1.82) is 0 Å². The van der Waals surface area contributed by atoms with E-state index in [1.807, 2.05) is 24.4 Å². The van der Waals surface area contributed by atoms with Crippen LogP contribution >= 0.6 is 23.2 Å². The first-order valence-corrected chi connectivity index (χ1v) is 9.06. The van der Waals surface area contributed by atoms with Gasteiger partial charge in [0, 0.05) is 34.9 Å². The average molecular weight is 376 g/mol. The molecule has 0 amide bonds. The van der Waals surface area contributed by atoms with Gasteiger partial charge in [0.05, 0.1) is 5.39 Å². The van der Waals surface area contributed by atoms with E-state index in [9.17, 15) is 0 Å². The summed E-state index contributed by atoms with van der Waals surface area (Å²) in [6.07, 6.45) is 5.95. The highest BCUT2D eigenvalue weighted by molar-refractivity contribution is 6.33. The molecule has 3 aromatic rings. The van der Waals surface area contributed by atoms with Crippen LogP contribution in [-0.2, 0) is 6.42 Å². The van der Waals surface area contributed by atoms with E-state index in [0.29, 0.717) is 5.02 Å². The third kappa shape index (κ3) is 3.32. The van der Waals surface area contributed by atoms with E-state index in [2.05, 4.69) is 19.9 Å². The highest BCUT2D eigenvalue weighted by Crippen LogP contribution is 2.32. The molecule has 1 aliphatic heterocycles. The van der Waals surface area contributed by atoms with Crippen molar-refractivity contribution in [3.05, 3.63) is 52.4 Å². The smallest absolute Gasteiger partial charge is 0.142 e. The monoisotopic (exact) mass is 375 g/mol. The fraction of sp³-hybridized carbons (Fsp3) is 0.333. The number of aromatic nitrogens is 3. The quantitative estimate of drug-likeness (QED) is 0.729. The minimum absolute atomic E-state index is 0.283. The number of benzene rings is 1. The number of hydrogen-bond donors (Lipinski definition) is 2. The molecule has 0 atom stereocenters. The molecular formula is C18H19Cl2N5.